The molecule has 1 heterocycles. The number of hydrogen-bond acceptors (Lipinski definition) is 6. The van der Waals surface area contributed by atoms with Crippen LogP contribution in [-0.2, 0) is 25.6 Å². The molecule has 4 unspecified atom stereocenters. The van der Waals surface area contributed by atoms with Gasteiger partial charge in [-0.05, 0) is 30.9 Å². The number of para-hydroxylation sites is 1. The van der Waals surface area contributed by atoms with Gasteiger partial charge >= 0.3 is 5.97 Å². The van der Waals surface area contributed by atoms with Crippen LogP contribution in [0.15, 0.2) is 30.5 Å². The average molecular weight is 476 g/mol. The standard InChI is InChI=1S/C23H33N5O6/c1-12(2)8-17(21(31)28-19(11-29)23(33)34)27-22(32)18(26-20(30)13(3)24)9-14-10-25-16-7-5-4-6-15(14)16/h4-7,10,12-13,17-19,25,29H,8-9,11,24H2,1-3H3,(H,26,30)(H,27,32)(H,28,31)(H,33,34). The number of hydrogen-bond donors (Lipinski definition) is 7. The van der Waals surface area contributed by atoms with E-state index in [1.165, 1.54) is 6.92 Å². The lowest BCUT2D eigenvalue weighted by Crippen LogP contribution is -2.58. The zero-order valence-electron chi connectivity index (χ0n) is 19.5. The molecule has 11 heteroatoms. The van der Waals surface area contributed by atoms with Crippen molar-refractivity contribution in [2.24, 2.45) is 11.7 Å². The molecule has 0 aliphatic heterocycles. The van der Waals surface area contributed by atoms with Crippen LogP contribution in [0.4, 0.5) is 0 Å². The molecule has 1 aromatic heterocycles. The van der Waals surface area contributed by atoms with Gasteiger partial charge in [0.05, 0.1) is 12.6 Å². The molecule has 0 saturated carbocycles. The number of H-pyrrole nitrogens is 1. The van der Waals surface area contributed by atoms with Gasteiger partial charge in [0, 0.05) is 23.5 Å². The maximum atomic E-state index is 13.2. The first-order valence-corrected chi connectivity index (χ1v) is 11.1. The summed E-state index contributed by atoms with van der Waals surface area (Å²) in [6, 6.07) is 3.05. The Bertz CT molecular complexity index is 1020. The predicted octanol–water partition coefficient (Wildman–Crippen LogP) is -0.365. The summed E-state index contributed by atoms with van der Waals surface area (Å²) in [6.45, 7) is 4.38. The first kappa shape index (κ1) is 26.8. The third kappa shape index (κ3) is 7.29. The maximum Gasteiger partial charge on any atom is 0.328 e. The van der Waals surface area contributed by atoms with Crippen molar-refractivity contribution in [3.05, 3.63) is 36.0 Å². The largest absolute Gasteiger partial charge is 0.480 e. The summed E-state index contributed by atoms with van der Waals surface area (Å²) < 4.78 is 0. The average Bonchev–Trinajstić information content (AvgIpc) is 3.18. The lowest BCUT2D eigenvalue weighted by molar-refractivity contribution is -0.143. The minimum Gasteiger partial charge on any atom is -0.480 e. The van der Waals surface area contributed by atoms with Crippen molar-refractivity contribution < 1.29 is 29.4 Å². The molecule has 3 amide bonds. The van der Waals surface area contributed by atoms with Crippen molar-refractivity contribution in [2.75, 3.05) is 6.61 Å². The quantitative estimate of drug-likeness (QED) is 0.218. The van der Waals surface area contributed by atoms with Gasteiger partial charge in [0.25, 0.3) is 0 Å². The zero-order valence-corrected chi connectivity index (χ0v) is 19.5. The van der Waals surface area contributed by atoms with E-state index in [4.69, 9.17) is 10.8 Å². The van der Waals surface area contributed by atoms with E-state index in [-0.39, 0.29) is 18.8 Å². The normalized spacial score (nSPS) is 14.8. The van der Waals surface area contributed by atoms with Crippen molar-refractivity contribution in [1.29, 1.82) is 0 Å². The topological polar surface area (TPSA) is 187 Å². The van der Waals surface area contributed by atoms with Gasteiger partial charge in [0.2, 0.25) is 17.7 Å². The molecule has 0 aliphatic rings. The molecule has 186 valence electrons. The van der Waals surface area contributed by atoms with Gasteiger partial charge in [-0.2, -0.15) is 0 Å². The molecule has 0 radical (unpaired) electrons. The maximum absolute atomic E-state index is 13.2. The monoisotopic (exact) mass is 475 g/mol. The summed E-state index contributed by atoms with van der Waals surface area (Å²) in [5, 5.41) is 26.7. The van der Waals surface area contributed by atoms with E-state index in [0.29, 0.717) is 0 Å². The molecule has 8 N–H and O–H groups in total. The first-order chi connectivity index (χ1) is 16.0. The number of aliphatic hydroxyl groups excluding tert-OH is 1. The third-order valence-electron chi connectivity index (χ3n) is 5.28. The van der Waals surface area contributed by atoms with E-state index in [0.717, 1.165) is 16.5 Å². The van der Waals surface area contributed by atoms with Crippen LogP contribution in [0.2, 0.25) is 0 Å². The molecule has 0 fully saturated rings. The Morgan fingerprint density at radius 1 is 0.941 bits per heavy atom. The Labute approximate surface area is 197 Å². The smallest absolute Gasteiger partial charge is 0.328 e. The fourth-order valence-corrected chi connectivity index (χ4v) is 3.47. The summed E-state index contributed by atoms with van der Waals surface area (Å²) in [5.41, 5.74) is 7.33. The highest BCUT2D eigenvalue weighted by Gasteiger charge is 2.30. The molecule has 1 aromatic carbocycles. The fraction of sp³-hybridized carbons (Fsp3) is 0.478. The molecule has 2 aromatic rings. The van der Waals surface area contributed by atoms with Gasteiger partial charge in [0.1, 0.15) is 18.1 Å². The number of carbonyl (C=O) groups is 4. The molecule has 0 spiro atoms. The number of aliphatic hydroxyl groups is 1. The third-order valence-corrected chi connectivity index (χ3v) is 5.28. The first-order valence-electron chi connectivity index (χ1n) is 11.1. The van der Waals surface area contributed by atoms with Gasteiger partial charge < -0.3 is 36.9 Å². The lowest BCUT2D eigenvalue weighted by Gasteiger charge is -2.25. The number of nitrogens with two attached hydrogens (primary N) is 1. The summed E-state index contributed by atoms with van der Waals surface area (Å²) in [5.74, 6) is -3.30. The molecule has 11 nitrogen and oxygen atoms in total. The Hall–Kier alpha value is -3.44. The fourth-order valence-electron chi connectivity index (χ4n) is 3.47. The number of nitrogens with one attached hydrogen (secondary N) is 4. The molecule has 34 heavy (non-hydrogen) atoms. The second kappa shape index (κ2) is 12.1. The van der Waals surface area contributed by atoms with Crippen LogP contribution < -0.4 is 21.7 Å². The number of aliphatic carboxylic acids is 1. The van der Waals surface area contributed by atoms with E-state index in [2.05, 4.69) is 20.9 Å². The van der Waals surface area contributed by atoms with Crippen LogP contribution in [0.3, 0.4) is 0 Å². The number of aromatic nitrogens is 1. The second-order valence-electron chi connectivity index (χ2n) is 8.69. The Morgan fingerprint density at radius 3 is 2.12 bits per heavy atom. The highest BCUT2D eigenvalue weighted by molar-refractivity contribution is 5.94. The number of benzene rings is 1. The number of carboxylic acids is 1. The van der Waals surface area contributed by atoms with Gasteiger partial charge in [-0.3, -0.25) is 14.4 Å². The summed E-state index contributed by atoms with van der Waals surface area (Å²) in [7, 11) is 0. The number of amides is 3. The van der Waals surface area contributed by atoms with Crippen LogP contribution in [0.5, 0.6) is 0 Å². The van der Waals surface area contributed by atoms with Crippen LogP contribution in [-0.4, -0.2) is 69.7 Å². The van der Waals surface area contributed by atoms with Crippen LogP contribution in [0.25, 0.3) is 10.9 Å². The van der Waals surface area contributed by atoms with Crippen molar-refractivity contribution in [3.63, 3.8) is 0 Å². The summed E-state index contributed by atoms with van der Waals surface area (Å²) >= 11 is 0. The molecule has 0 saturated heterocycles. The number of rotatable bonds is 12. The second-order valence-corrected chi connectivity index (χ2v) is 8.69. The van der Waals surface area contributed by atoms with Crippen LogP contribution in [0.1, 0.15) is 32.8 Å². The van der Waals surface area contributed by atoms with Gasteiger partial charge in [-0.1, -0.05) is 32.0 Å². The van der Waals surface area contributed by atoms with E-state index in [1.807, 2.05) is 38.1 Å². The summed E-state index contributed by atoms with van der Waals surface area (Å²) in [4.78, 5) is 52.6. The molecular weight excluding hydrogens is 442 g/mol. The SMILES string of the molecule is CC(C)CC(NC(=O)C(Cc1c[nH]c2ccccc12)NC(=O)C(C)N)C(=O)NC(CO)C(=O)O. The summed E-state index contributed by atoms with van der Waals surface area (Å²) in [6.07, 6.45) is 2.11. The lowest BCUT2D eigenvalue weighted by atomic mass is 10.0. The van der Waals surface area contributed by atoms with Crippen molar-refractivity contribution >= 4 is 34.6 Å². The molecule has 0 bridgehead atoms. The Balaban J connectivity index is 2.26. The number of aromatic amines is 1. The molecule has 0 aliphatic carbocycles. The minimum absolute atomic E-state index is 0.0147. The number of fused-ring (bicyclic) bond motifs is 1. The highest BCUT2D eigenvalue weighted by atomic mass is 16.4. The van der Waals surface area contributed by atoms with E-state index in [9.17, 15) is 24.3 Å². The van der Waals surface area contributed by atoms with Crippen LogP contribution >= 0.6 is 0 Å². The molecule has 2 rings (SSSR count). The Morgan fingerprint density at radius 2 is 1.53 bits per heavy atom. The number of carboxylic acid groups (broad SMARTS) is 1. The van der Waals surface area contributed by atoms with Crippen molar-refractivity contribution in [2.45, 2.75) is 57.8 Å². The van der Waals surface area contributed by atoms with Gasteiger partial charge in [0.15, 0.2) is 0 Å². The minimum atomic E-state index is -1.50. The van der Waals surface area contributed by atoms with E-state index < -0.39 is 54.5 Å². The number of carbonyl (C=O) groups excluding carboxylic acids is 3. The molecular formula is C23H33N5O6. The zero-order chi connectivity index (χ0) is 25.4. The van der Waals surface area contributed by atoms with Crippen molar-refractivity contribution in [3.8, 4) is 0 Å². The van der Waals surface area contributed by atoms with E-state index in [1.54, 1.807) is 6.20 Å². The van der Waals surface area contributed by atoms with Crippen LogP contribution in [0, 0.1) is 5.92 Å². The van der Waals surface area contributed by atoms with Gasteiger partial charge in [-0.15, -0.1) is 0 Å². The van der Waals surface area contributed by atoms with Crippen molar-refractivity contribution in [1.82, 2.24) is 20.9 Å². The van der Waals surface area contributed by atoms with E-state index >= 15 is 0 Å². The van der Waals surface area contributed by atoms with Gasteiger partial charge in [-0.25, -0.2) is 4.79 Å². The molecule has 4 atom stereocenters. The predicted molar refractivity (Wildman–Crippen MR) is 126 cm³/mol. The highest BCUT2D eigenvalue weighted by Crippen LogP contribution is 2.19. The Kier molecular flexibility index (Phi) is 9.58.